The number of benzene rings is 2. The van der Waals surface area contributed by atoms with Gasteiger partial charge < -0.3 is 0 Å². The van der Waals surface area contributed by atoms with Crippen LogP contribution in [-0.2, 0) is 0 Å². The highest BCUT2D eigenvalue weighted by Crippen LogP contribution is 2.21. The van der Waals surface area contributed by atoms with Gasteiger partial charge in [0.25, 0.3) is 5.91 Å². The van der Waals surface area contributed by atoms with E-state index in [1.807, 2.05) is 0 Å². The molecule has 0 unspecified atom stereocenters. The van der Waals surface area contributed by atoms with Gasteiger partial charge in [-0.2, -0.15) is 0 Å². The number of rotatable bonds is 3. The Morgan fingerprint density at radius 2 is 1.65 bits per heavy atom. The molecule has 2 aromatic carbocycles. The Balaban J connectivity index is 2.08. The molecule has 0 saturated carbocycles. The van der Waals surface area contributed by atoms with Crippen LogP contribution in [0.15, 0.2) is 36.4 Å². The zero-order valence-electron chi connectivity index (χ0n) is 9.88. The van der Waals surface area contributed by atoms with Crippen molar-refractivity contribution in [1.29, 1.82) is 0 Å². The zero-order valence-corrected chi connectivity index (χ0v) is 11.4. The van der Waals surface area contributed by atoms with Crippen molar-refractivity contribution in [3.05, 3.63) is 63.6 Å². The first-order valence-corrected chi connectivity index (χ1v) is 6.19. The van der Waals surface area contributed by atoms with Gasteiger partial charge in [-0.05, 0) is 30.3 Å². The largest absolute Gasteiger partial charge is 0.298 e. The first kappa shape index (κ1) is 14.6. The maximum absolute atomic E-state index is 13.4. The molecule has 0 heterocycles. The first-order chi connectivity index (χ1) is 9.45. The van der Waals surface area contributed by atoms with Gasteiger partial charge >= 0.3 is 0 Å². The number of amides is 1. The van der Waals surface area contributed by atoms with Crippen molar-refractivity contribution in [1.82, 2.24) is 5.43 Å². The molecule has 104 valence electrons. The fourth-order valence-corrected chi connectivity index (χ4v) is 2.02. The summed E-state index contributed by atoms with van der Waals surface area (Å²) in [6.45, 7) is 0. The molecule has 0 aliphatic rings. The maximum atomic E-state index is 13.4. The minimum atomic E-state index is -0.951. The predicted molar refractivity (Wildman–Crippen MR) is 73.9 cm³/mol. The van der Waals surface area contributed by atoms with Crippen LogP contribution in [0.1, 0.15) is 10.4 Å². The topological polar surface area (TPSA) is 41.1 Å². The standard InChI is InChI=1S/C13H8Cl2F2N2O/c14-7-3-8(15)5-10(4-7)18-19-13(20)11-2-1-9(16)6-12(11)17/h1-6,18H,(H,19,20). The van der Waals surface area contributed by atoms with Gasteiger partial charge in [-0.1, -0.05) is 23.2 Å². The van der Waals surface area contributed by atoms with Gasteiger partial charge in [-0.25, -0.2) is 8.78 Å². The molecular formula is C13H8Cl2F2N2O. The van der Waals surface area contributed by atoms with Crippen molar-refractivity contribution in [2.75, 3.05) is 5.43 Å². The van der Waals surface area contributed by atoms with E-state index in [1.54, 1.807) is 0 Å². The van der Waals surface area contributed by atoms with Crippen molar-refractivity contribution < 1.29 is 13.6 Å². The van der Waals surface area contributed by atoms with Crippen LogP contribution in [0.25, 0.3) is 0 Å². The molecule has 0 atom stereocenters. The molecule has 20 heavy (non-hydrogen) atoms. The molecule has 0 saturated heterocycles. The number of carbonyl (C=O) groups is 1. The Bertz CT molecular complexity index is 645. The second-order valence-electron chi connectivity index (χ2n) is 3.86. The Kier molecular flexibility index (Phi) is 4.42. The fraction of sp³-hybridized carbons (Fsp3) is 0. The van der Waals surface area contributed by atoms with Crippen LogP contribution >= 0.6 is 23.2 Å². The molecule has 2 aromatic rings. The summed E-state index contributed by atoms with van der Waals surface area (Å²) in [5.74, 6) is -2.46. The Labute approximate surface area is 123 Å². The van der Waals surface area contributed by atoms with Crippen LogP contribution < -0.4 is 10.9 Å². The van der Waals surface area contributed by atoms with Crippen LogP contribution in [0, 0.1) is 11.6 Å². The normalized spacial score (nSPS) is 10.2. The average molecular weight is 317 g/mol. The van der Waals surface area contributed by atoms with Crippen LogP contribution in [0.5, 0.6) is 0 Å². The lowest BCUT2D eigenvalue weighted by molar-refractivity contribution is 0.0958. The molecule has 0 aliphatic carbocycles. The van der Waals surface area contributed by atoms with Crippen LogP contribution in [0.2, 0.25) is 10.0 Å². The molecular weight excluding hydrogens is 309 g/mol. The average Bonchev–Trinajstić information content (AvgIpc) is 2.35. The van der Waals surface area contributed by atoms with Gasteiger partial charge in [0.05, 0.1) is 11.3 Å². The van der Waals surface area contributed by atoms with E-state index in [0.29, 0.717) is 21.8 Å². The molecule has 0 aromatic heterocycles. The van der Waals surface area contributed by atoms with E-state index in [1.165, 1.54) is 18.2 Å². The summed E-state index contributed by atoms with van der Waals surface area (Å²) in [6.07, 6.45) is 0. The van der Waals surface area contributed by atoms with E-state index in [-0.39, 0.29) is 5.56 Å². The van der Waals surface area contributed by atoms with E-state index in [2.05, 4.69) is 10.9 Å². The minimum Gasteiger partial charge on any atom is -0.298 e. The van der Waals surface area contributed by atoms with Crippen molar-refractivity contribution in [2.45, 2.75) is 0 Å². The second-order valence-corrected chi connectivity index (χ2v) is 4.73. The molecule has 1 amide bonds. The van der Waals surface area contributed by atoms with E-state index in [9.17, 15) is 13.6 Å². The predicted octanol–water partition coefficient (Wildman–Crippen LogP) is 4.03. The summed E-state index contributed by atoms with van der Waals surface area (Å²) in [6, 6.07) is 7.24. The molecule has 0 radical (unpaired) electrons. The quantitative estimate of drug-likeness (QED) is 0.839. The number of nitrogens with one attached hydrogen (secondary N) is 2. The number of hydrogen-bond acceptors (Lipinski definition) is 2. The highest BCUT2D eigenvalue weighted by molar-refractivity contribution is 6.35. The summed E-state index contributed by atoms with van der Waals surface area (Å²) in [7, 11) is 0. The van der Waals surface area contributed by atoms with Crippen LogP contribution in [0.3, 0.4) is 0 Å². The third-order valence-electron chi connectivity index (χ3n) is 2.36. The van der Waals surface area contributed by atoms with Crippen molar-refractivity contribution in [3.63, 3.8) is 0 Å². The fourth-order valence-electron chi connectivity index (χ4n) is 1.50. The van der Waals surface area contributed by atoms with Crippen molar-refractivity contribution >= 4 is 34.8 Å². The highest BCUT2D eigenvalue weighted by Gasteiger charge is 2.12. The third kappa shape index (κ3) is 3.59. The van der Waals surface area contributed by atoms with E-state index < -0.39 is 17.5 Å². The minimum absolute atomic E-state index is 0.285. The first-order valence-electron chi connectivity index (χ1n) is 5.43. The van der Waals surface area contributed by atoms with E-state index in [4.69, 9.17) is 23.2 Å². The van der Waals surface area contributed by atoms with Gasteiger partial charge in [0.2, 0.25) is 0 Å². The number of halogens is 4. The molecule has 3 nitrogen and oxygen atoms in total. The summed E-state index contributed by atoms with van der Waals surface area (Å²) < 4.78 is 26.1. The van der Waals surface area contributed by atoms with Crippen molar-refractivity contribution in [3.8, 4) is 0 Å². The smallest absolute Gasteiger partial charge is 0.272 e. The number of hydrazine groups is 1. The van der Waals surface area contributed by atoms with E-state index in [0.717, 1.165) is 12.1 Å². The zero-order chi connectivity index (χ0) is 14.7. The van der Waals surface area contributed by atoms with Gasteiger partial charge in [0.15, 0.2) is 0 Å². The summed E-state index contributed by atoms with van der Waals surface area (Å²) in [5, 5.41) is 0.754. The molecule has 0 fully saturated rings. The lowest BCUT2D eigenvalue weighted by atomic mass is 10.2. The summed E-state index contributed by atoms with van der Waals surface area (Å²) >= 11 is 11.6. The van der Waals surface area contributed by atoms with Crippen LogP contribution in [0.4, 0.5) is 14.5 Å². The Hall–Kier alpha value is -1.85. The van der Waals surface area contributed by atoms with Crippen LogP contribution in [-0.4, -0.2) is 5.91 Å². The number of hydrogen-bond donors (Lipinski definition) is 2. The van der Waals surface area contributed by atoms with Gasteiger partial charge in [-0.15, -0.1) is 0 Å². The van der Waals surface area contributed by atoms with Gasteiger partial charge in [-0.3, -0.25) is 15.6 Å². The van der Waals surface area contributed by atoms with E-state index >= 15 is 0 Å². The molecule has 7 heteroatoms. The lowest BCUT2D eigenvalue weighted by Crippen LogP contribution is -2.30. The lowest BCUT2D eigenvalue weighted by Gasteiger charge is -2.09. The Morgan fingerprint density at radius 1 is 1.00 bits per heavy atom. The molecule has 2 rings (SSSR count). The van der Waals surface area contributed by atoms with Crippen molar-refractivity contribution in [2.24, 2.45) is 0 Å². The highest BCUT2D eigenvalue weighted by atomic mass is 35.5. The molecule has 2 N–H and O–H groups in total. The number of anilines is 1. The SMILES string of the molecule is O=C(NNc1cc(Cl)cc(Cl)c1)c1ccc(F)cc1F. The summed E-state index contributed by atoms with van der Waals surface area (Å²) in [4.78, 5) is 11.7. The Morgan fingerprint density at radius 3 is 2.25 bits per heavy atom. The third-order valence-corrected chi connectivity index (χ3v) is 2.80. The molecule has 0 bridgehead atoms. The number of carbonyl (C=O) groups excluding carboxylic acids is 1. The monoisotopic (exact) mass is 316 g/mol. The summed E-state index contributed by atoms with van der Waals surface area (Å²) in [5.41, 5.74) is 4.94. The van der Waals surface area contributed by atoms with Gasteiger partial charge in [0.1, 0.15) is 11.6 Å². The molecule has 0 spiro atoms. The molecule has 0 aliphatic heterocycles. The maximum Gasteiger partial charge on any atom is 0.272 e. The van der Waals surface area contributed by atoms with Gasteiger partial charge in [0, 0.05) is 16.1 Å². The second kappa shape index (κ2) is 6.07.